The van der Waals surface area contributed by atoms with E-state index in [0.29, 0.717) is 49.9 Å². The first-order valence-corrected chi connectivity index (χ1v) is 27.0. The molecule has 2 N–H and O–H groups in total. The van der Waals surface area contributed by atoms with Crippen molar-refractivity contribution >= 4 is 65.0 Å². The Morgan fingerprint density at radius 3 is 1.68 bits per heavy atom. The van der Waals surface area contributed by atoms with Gasteiger partial charge in [-0.15, -0.1) is 0 Å². The van der Waals surface area contributed by atoms with Crippen molar-refractivity contribution in [3.8, 4) is 0 Å². The van der Waals surface area contributed by atoms with Crippen LogP contribution in [0.25, 0.3) is 21.8 Å². The Balaban J connectivity index is 0.817. The van der Waals surface area contributed by atoms with E-state index in [9.17, 15) is 35.2 Å². The third-order valence-corrected chi connectivity index (χ3v) is 17.8. The fraction of sp³-hybridized carbons (Fsp3) is 0.423. The number of aromatic nitrogens is 2. The molecule has 2 unspecified atom stereocenters. The number of amides is 2. The molecule has 2 saturated heterocycles. The molecule has 2 aromatic heterocycles. The summed E-state index contributed by atoms with van der Waals surface area (Å²) in [5.74, 6) is 0.527. The Hall–Kier alpha value is -5.74. The summed E-state index contributed by atoms with van der Waals surface area (Å²) >= 11 is 0. The molecule has 10 rings (SSSR count). The normalized spacial score (nSPS) is 20.0. The largest absolute Gasteiger partial charge is 0.350 e. The number of carbonyl (C=O) groups is 2. The van der Waals surface area contributed by atoms with Crippen molar-refractivity contribution in [2.75, 3.05) is 35.6 Å². The molecule has 16 heteroatoms. The summed E-state index contributed by atoms with van der Waals surface area (Å²) in [6.45, 7) is 3.39. The predicted molar refractivity (Wildman–Crippen MR) is 259 cm³/mol. The van der Waals surface area contributed by atoms with Gasteiger partial charge in [0.05, 0.1) is 9.79 Å². The van der Waals surface area contributed by atoms with E-state index in [-0.39, 0.29) is 45.3 Å². The van der Waals surface area contributed by atoms with Crippen molar-refractivity contribution in [3.05, 3.63) is 120 Å². The van der Waals surface area contributed by atoms with Gasteiger partial charge in [-0.3, -0.25) is 19.0 Å². The number of rotatable bonds is 13. The van der Waals surface area contributed by atoms with Gasteiger partial charge in [-0.2, -0.15) is 0 Å². The second-order valence-electron chi connectivity index (χ2n) is 19.6. The molecule has 0 spiro atoms. The van der Waals surface area contributed by atoms with E-state index in [1.807, 2.05) is 41.1 Å². The molecule has 68 heavy (non-hydrogen) atoms. The SMILES string of the molecule is Cn1cc(C2CCN(C(=O)C3CCCC(Cn4cc(C5CCN(C(=O)CC6CC6)CC5)c5cc(NS(=O)(=O)c6ccc(F)cc6)ccc54)C3)CC2)c2cc(NS(=O)(=O)c3ccc(F)cc3)ccc21. The molecule has 4 aromatic carbocycles. The molecule has 2 aliphatic heterocycles. The monoisotopic (exact) mass is 964 g/mol. The Kier molecular flexibility index (Phi) is 12.6. The molecule has 2 saturated carbocycles. The van der Waals surface area contributed by atoms with Crippen molar-refractivity contribution < 1.29 is 35.2 Å². The highest BCUT2D eigenvalue weighted by atomic mass is 32.2. The second-order valence-corrected chi connectivity index (χ2v) is 23.0. The molecule has 4 fully saturated rings. The quantitative estimate of drug-likeness (QED) is 0.118. The molecule has 6 aromatic rings. The Morgan fingerprint density at radius 1 is 0.603 bits per heavy atom. The van der Waals surface area contributed by atoms with Gasteiger partial charge in [-0.25, -0.2) is 25.6 Å². The van der Waals surface area contributed by atoms with E-state index in [1.54, 1.807) is 12.1 Å². The number of carbonyl (C=O) groups excluding carboxylic acids is 2. The molecule has 0 bridgehead atoms. The Bertz CT molecular complexity index is 3080. The zero-order valence-corrected chi connectivity index (χ0v) is 39.9. The summed E-state index contributed by atoms with van der Waals surface area (Å²) < 4.78 is 89.9. The van der Waals surface area contributed by atoms with Crippen LogP contribution in [0.2, 0.25) is 0 Å². The average Bonchev–Trinajstić information content (AvgIpc) is 4.00. The summed E-state index contributed by atoms with van der Waals surface area (Å²) in [4.78, 5) is 31.3. The zero-order valence-electron chi connectivity index (χ0n) is 38.2. The first-order chi connectivity index (χ1) is 32.7. The van der Waals surface area contributed by atoms with Crippen LogP contribution in [0.15, 0.2) is 107 Å². The van der Waals surface area contributed by atoms with Gasteiger partial charge in [0.25, 0.3) is 20.0 Å². The van der Waals surface area contributed by atoms with Gasteiger partial charge in [0, 0.05) is 97.7 Å². The summed E-state index contributed by atoms with van der Waals surface area (Å²) in [7, 11) is -5.92. The topological polar surface area (TPSA) is 143 Å². The van der Waals surface area contributed by atoms with Crippen LogP contribution < -0.4 is 9.44 Å². The third kappa shape index (κ3) is 9.76. The van der Waals surface area contributed by atoms with Crippen LogP contribution in [0, 0.1) is 29.4 Å². The van der Waals surface area contributed by atoms with Crippen LogP contribution in [-0.2, 0) is 43.2 Å². The molecule has 0 radical (unpaired) electrons. The van der Waals surface area contributed by atoms with E-state index in [0.717, 1.165) is 128 Å². The fourth-order valence-corrected chi connectivity index (χ4v) is 13.2. The number of nitrogens with zero attached hydrogens (tertiary/aromatic N) is 4. The average molecular weight is 965 g/mol. The number of piperidine rings is 2. The Labute approximate surface area is 396 Å². The molecule has 2 amide bonds. The predicted octanol–water partition coefficient (Wildman–Crippen LogP) is 9.73. The standard InChI is InChI=1S/C52H58F2N6O6S2/c1-57-32-47(45-29-41(11-17-49(45)57)55-67(63,64)43-13-7-39(53)8-14-43)36-21-25-59(26-22-36)52(62)38-4-2-3-35(27-38)31-60-33-48(37-19-23-58(24-20-37)51(61)28-34-5-6-34)46-30-42(12-18-50(46)60)56-68(65,66)44-15-9-40(54)10-16-44/h7-18,29-30,32-38,55-56H,2-6,19-28,31H2,1H3. The lowest BCUT2D eigenvalue weighted by molar-refractivity contribution is -0.138. The highest BCUT2D eigenvalue weighted by Crippen LogP contribution is 2.41. The molecular formula is C52H58F2N6O6S2. The molecule has 2 aliphatic carbocycles. The van der Waals surface area contributed by atoms with E-state index in [4.69, 9.17) is 0 Å². The van der Waals surface area contributed by atoms with Crippen LogP contribution in [0.5, 0.6) is 0 Å². The number of aryl methyl sites for hydroxylation is 1. The molecular weight excluding hydrogens is 907 g/mol. The Morgan fingerprint density at radius 2 is 1.12 bits per heavy atom. The van der Waals surface area contributed by atoms with E-state index in [1.165, 1.54) is 24.3 Å². The minimum Gasteiger partial charge on any atom is -0.350 e. The highest BCUT2D eigenvalue weighted by molar-refractivity contribution is 7.93. The van der Waals surface area contributed by atoms with Crippen molar-refractivity contribution in [1.29, 1.82) is 0 Å². The minimum absolute atomic E-state index is 0.0220. The number of anilines is 2. The van der Waals surface area contributed by atoms with Crippen LogP contribution in [-0.4, -0.2) is 73.8 Å². The van der Waals surface area contributed by atoms with Gasteiger partial charge in [-0.1, -0.05) is 6.42 Å². The molecule has 4 heterocycles. The lowest BCUT2D eigenvalue weighted by atomic mass is 9.80. The molecule has 358 valence electrons. The van der Waals surface area contributed by atoms with Gasteiger partial charge in [-0.05, 0) is 178 Å². The number of sulfonamides is 2. The first-order valence-electron chi connectivity index (χ1n) is 24.0. The van der Waals surface area contributed by atoms with Gasteiger partial charge < -0.3 is 18.9 Å². The maximum atomic E-state index is 14.3. The van der Waals surface area contributed by atoms with Gasteiger partial charge in [0.1, 0.15) is 11.6 Å². The van der Waals surface area contributed by atoms with Crippen LogP contribution in [0.1, 0.15) is 93.6 Å². The first kappa shape index (κ1) is 46.0. The number of halogens is 2. The van der Waals surface area contributed by atoms with Crippen LogP contribution in [0.4, 0.5) is 20.2 Å². The van der Waals surface area contributed by atoms with Gasteiger partial charge >= 0.3 is 0 Å². The van der Waals surface area contributed by atoms with Crippen molar-refractivity contribution in [2.45, 2.75) is 98.8 Å². The summed E-state index contributed by atoms with van der Waals surface area (Å²) in [5, 5.41) is 1.92. The fourth-order valence-electron chi connectivity index (χ4n) is 11.1. The van der Waals surface area contributed by atoms with Crippen LogP contribution in [0.3, 0.4) is 0 Å². The number of likely N-dealkylation sites (tertiary alicyclic amines) is 2. The number of hydrogen-bond acceptors (Lipinski definition) is 6. The molecule has 2 atom stereocenters. The zero-order chi connectivity index (χ0) is 47.3. The molecule has 4 aliphatic rings. The van der Waals surface area contributed by atoms with Gasteiger partial charge in [0.15, 0.2) is 0 Å². The number of fused-ring (bicyclic) bond motifs is 2. The summed E-state index contributed by atoms with van der Waals surface area (Å²) in [5.41, 5.74) is 5.08. The van der Waals surface area contributed by atoms with Gasteiger partial charge in [0.2, 0.25) is 11.8 Å². The summed E-state index contributed by atoms with van der Waals surface area (Å²) in [6, 6.07) is 20.6. The highest BCUT2D eigenvalue weighted by Gasteiger charge is 2.35. The second kappa shape index (κ2) is 18.6. The number of nitrogens with one attached hydrogen (secondary N) is 2. The lowest BCUT2D eigenvalue weighted by Gasteiger charge is -2.37. The number of hydrogen-bond donors (Lipinski definition) is 2. The smallest absolute Gasteiger partial charge is 0.261 e. The van der Waals surface area contributed by atoms with E-state index in [2.05, 4.69) is 31.0 Å². The van der Waals surface area contributed by atoms with Crippen LogP contribution >= 0.6 is 0 Å². The molecule has 12 nitrogen and oxygen atoms in total. The minimum atomic E-state index is -3.97. The third-order valence-electron chi connectivity index (χ3n) is 15.0. The van der Waals surface area contributed by atoms with Crippen molar-refractivity contribution in [3.63, 3.8) is 0 Å². The lowest BCUT2D eigenvalue weighted by Crippen LogP contribution is -2.42. The maximum absolute atomic E-state index is 14.3. The number of benzene rings is 4. The summed E-state index contributed by atoms with van der Waals surface area (Å²) in [6.07, 6.45) is 14.1. The maximum Gasteiger partial charge on any atom is 0.261 e. The van der Waals surface area contributed by atoms with Crippen molar-refractivity contribution in [1.82, 2.24) is 18.9 Å². The van der Waals surface area contributed by atoms with E-state index < -0.39 is 31.7 Å². The van der Waals surface area contributed by atoms with Crippen molar-refractivity contribution in [2.24, 2.45) is 24.8 Å². The van der Waals surface area contributed by atoms with E-state index >= 15 is 0 Å².